The molecule has 0 saturated heterocycles. The summed E-state index contributed by atoms with van der Waals surface area (Å²) in [5, 5.41) is 4.12. The largest absolute Gasteiger partial charge is 0.330 e. The highest BCUT2D eigenvalue weighted by Gasteiger charge is 2.10. The Morgan fingerprint density at radius 1 is 1.56 bits per heavy atom. The summed E-state index contributed by atoms with van der Waals surface area (Å²) in [7, 11) is 0. The lowest BCUT2D eigenvalue weighted by molar-refractivity contribution is -0.118. The van der Waals surface area contributed by atoms with Crippen LogP contribution in [0, 0.1) is 5.92 Å². The van der Waals surface area contributed by atoms with E-state index in [1.54, 1.807) is 0 Å². The van der Waals surface area contributed by atoms with E-state index in [0.717, 1.165) is 18.8 Å². The maximum atomic E-state index is 11.6. The molecule has 5 heteroatoms. The van der Waals surface area contributed by atoms with Gasteiger partial charge in [-0.3, -0.25) is 4.79 Å². The van der Waals surface area contributed by atoms with Gasteiger partial charge in [0.25, 0.3) is 0 Å². The molecule has 5 nitrogen and oxygen atoms in total. The van der Waals surface area contributed by atoms with Crippen LogP contribution < -0.4 is 5.73 Å². The van der Waals surface area contributed by atoms with E-state index in [2.05, 4.69) is 23.9 Å². The molecule has 0 bridgehead atoms. The van der Waals surface area contributed by atoms with Crippen LogP contribution in [0.2, 0.25) is 0 Å². The lowest BCUT2D eigenvalue weighted by Crippen LogP contribution is -2.14. The van der Waals surface area contributed by atoms with Crippen molar-refractivity contribution in [1.29, 1.82) is 0 Å². The second-order valence-corrected chi connectivity index (χ2v) is 4.36. The summed E-state index contributed by atoms with van der Waals surface area (Å²) in [6.45, 7) is 5.59. The highest BCUT2D eigenvalue weighted by Crippen LogP contribution is 2.04. The minimum absolute atomic E-state index is 0.184. The molecular weight excluding hydrogens is 204 g/mol. The number of ketones is 1. The number of carbonyl (C=O) groups is 1. The average molecular weight is 224 g/mol. The van der Waals surface area contributed by atoms with Gasteiger partial charge in [-0.1, -0.05) is 13.8 Å². The van der Waals surface area contributed by atoms with Crippen molar-refractivity contribution in [3.8, 4) is 0 Å². The average Bonchev–Trinajstić information content (AvgIpc) is 2.62. The molecule has 1 aromatic rings. The Morgan fingerprint density at radius 2 is 2.31 bits per heavy atom. The second kappa shape index (κ2) is 6.37. The van der Waals surface area contributed by atoms with Crippen LogP contribution in [0.1, 0.15) is 32.5 Å². The third kappa shape index (κ3) is 4.10. The van der Waals surface area contributed by atoms with E-state index in [1.165, 1.54) is 6.33 Å². The molecule has 90 valence electrons. The van der Waals surface area contributed by atoms with E-state index in [1.807, 2.05) is 4.68 Å². The van der Waals surface area contributed by atoms with Gasteiger partial charge in [-0.05, 0) is 18.9 Å². The topological polar surface area (TPSA) is 73.8 Å². The lowest BCUT2D eigenvalue weighted by Gasteiger charge is -2.07. The summed E-state index contributed by atoms with van der Waals surface area (Å²) in [4.78, 5) is 15.7. The molecule has 0 atom stereocenters. The summed E-state index contributed by atoms with van der Waals surface area (Å²) < 4.78 is 1.81. The number of nitrogens with two attached hydrogens (primary N) is 1. The molecule has 0 aliphatic rings. The molecule has 1 rings (SSSR count). The monoisotopic (exact) mass is 224 g/mol. The summed E-state index contributed by atoms with van der Waals surface area (Å²) in [5.74, 6) is 1.44. The zero-order valence-corrected chi connectivity index (χ0v) is 10.0. The summed E-state index contributed by atoms with van der Waals surface area (Å²) in [5.41, 5.74) is 5.36. The van der Waals surface area contributed by atoms with Crippen molar-refractivity contribution >= 4 is 5.78 Å². The Hall–Kier alpha value is -1.23. The van der Waals surface area contributed by atoms with Gasteiger partial charge < -0.3 is 5.73 Å². The van der Waals surface area contributed by atoms with E-state index in [9.17, 15) is 4.79 Å². The number of carbonyl (C=O) groups excluding carboxylic acids is 1. The molecule has 0 aliphatic carbocycles. The van der Waals surface area contributed by atoms with Crippen LogP contribution in [0.25, 0.3) is 0 Å². The van der Waals surface area contributed by atoms with E-state index in [-0.39, 0.29) is 5.78 Å². The zero-order valence-electron chi connectivity index (χ0n) is 10.0. The fraction of sp³-hybridized carbons (Fsp3) is 0.727. The van der Waals surface area contributed by atoms with Gasteiger partial charge in [0.1, 0.15) is 17.9 Å². The Morgan fingerprint density at radius 3 is 2.94 bits per heavy atom. The van der Waals surface area contributed by atoms with Gasteiger partial charge in [-0.25, -0.2) is 9.67 Å². The fourth-order valence-electron chi connectivity index (χ4n) is 1.49. The van der Waals surface area contributed by atoms with Gasteiger partial charge in [0.15, 0.2) is 0 Å². The predicted molar refractivity (Wildman–Crippen MR) is 61.9 cm³/mol. The van der Waals surface area contributed by atoms with Crippen molar-refractivity contribution < 1.29 is 4.79 Å². The van der Waals surface area contributed by atoms with Gasteiger partial charge in [0.2, 0.25) is 0 Å². The first kappa shape index (κ1) is 12.8. The molecule has 0 spiro atoms. The van der Waals surface area contributed by atoms with Crippen molar-refractivity contribution in [1.82, 2.24) is 14.8 Å². The van der Waals surface area contributed by atoms with Gasteiger partial charge in [0.05, 0.1) is 6.42 Å². The summed E-state index contributed by atoms with van der Waals surface area (Å²) in [6.07, 6.45) is 3.16. The van der Waals surface area contributed by atoms with Crippen LogP contribution in [0.15, 0.2) is 6.33 Å². The molecule has 16 heavy (non-hydrogen) atoms. The third-order valence-electron chi connectivity index (χ3n) is 2.25. The quantitative estimate of drug-likeness (QED) is 0.743. The highest BCUT2D eigenvalue weighted by atomic mass is 16.1. The molecule has 0 aliphatic heterocycles. The summed E-state index contributed by atoms with van der Waals surface area (Å²) >= 11 is 0. The number of rotatable bonds is 7. The molecule has 0 fully saturated rings. The van der Waals surface area contributed by atoms with Crippen LogP contribution in [-0.2, 0) is 17.8 Å². The van der Waals surface area contributed by atoms with E-state index >= 15 is 0 Å². The normalized spacial score (nSPS) is 11.0. The zero-order chi connectivity index (χ0) is 12.0. The number of hydrogen-bond donors (Lipinski definition) is 1. The van der Waals surface area contributed by atoms with Crippen LogP contribution in [-0.4, -0.2) is 27.1 Å². The third-order valence-corrected chi connectivity index (χ3v) is 2.25. The van der Waals surface area contributed by atoms with Crippen molar-refractivity contribution in [2.24, 2.45) is 11.7 Å². The lowest BCUT2D eigenvalue weighted by atomic mass is 10.1. The first-order valence-electron chi connectivity index (χ1n) is 5.72. The molecule has 1 aromatic heterocycles. The van der Waals surface area contributed by atoms with Gasteiger partial charge in [0, 0.05) is 13.0 Å². The Balaban J connectivity index is 2.52. The molecule has 0 saturated carbocycles. The molecule has 0 aromatic carbocycles. The fourth-order valence-corrected chi connectivity index (χ4v) is 1.49. The molecule has 0 amide bonds. The predicted octanol–water partition coefficient (Wildman–Crippen LogP) is 0.785. The molecule has 0 radical (unpaired) electrons. The van der Waals surface area contributed by atoms with Crippen molar-refractivity contribution in [2.45, 2.75) is 39.7 Å². The number of aromatic nitrogens is 3. The van der Waals surface area contributed by atoms with Gasteiger partial charge in [-0.2, -0.15) is 5.10 Å². The van der Waals surface area contributed by atoms with Crippen LogP contribution in [0.5, 0.6) is 0 Å². The van der Waals surface area contributed by atoms with Crippen molar-refractivity contribution in [2.75, 3.05) is 6.54 Å². The van der Waals surface area contributed by atoms with Gasteiger partial charge in [-0.15, -0.1) is 0 Å². The number of hydrogen-bond acceptors (Lipinski definition) is 4. The van der Waals surface area contributed by atoms with Crippen LogP contribution >= 0.6 is 0 Å². The standard InChI is InChI=1S/C11H20N4O/c1-9(2)7-15-11(13-8-14-15)6-10(16)4-3-5-12/h8-9H,3-7,12H2,1-2H3. The van der Waals surface area contributed by atoms with E-state index in [0.29, 0.717) is 25.3 Å². The van der Waals surface area contributed by atoms with E-state index in [4.69, 9.17) is 5.73 Å². The number of nitrogens with zero attached hydrogens (tertiary/aromatic N) is 3. The Bertz CT molecular complexity index is 332. The maximum Gasteiger partial charge on any atom is 0.140 e. The first-order valence-corrected chi connectivity index (χ1v) is 5.72. The van der Waals surface area contributed by atoms with Crippen LogP contribution in [0.3, 0.4) is 0 Å². The maximum absolute atomic E-state index is 11.6. The Labute approximate surface area is 96.0 Å². The van der Waals surface area contributed by atoms with Crippen LogP contribution in [0.4, 0.5) is 0 Å². The first-order chi connectivity index (χ1) is 7.63. The molecule has 2 N–H and O–H groups in total. The van der Waals surface area contributed by atoms with Gasteiger partial charge >= 0.3 is 0 Å². The minimum Gasteiger partial charge on any atom is -0.330 e. The second-order valence-electron chi connectivity index (χ2n) is 4.36. The molecule has 1 heterocycles. The summed E-state index contributed by atoms with van der Waals surface area (Å²) in [6, 6.07) is 0. The SMILES string of the molecule is CC(C)Cn1ncnc1CC(=O)CCCN. The van der Waals surface area contributed by atoms with Crippen molar-refractivity contribution in [3.05, 3.63) is 12.2 Å². The van der Waals surface area contributed by atoms with E-state index < -0.39 is 0 Å². The minimum atomic E-state index is 0.184. The Kier molecular flexibility index (Phi) is 5.11. The number of Topliss-reactive ketones (excluding diaryl/α,β-unsaturated/α-hetero) is 1. The highest BCUT2D eigenvalue weighted by molar-refractivity contribution is 5.80. The molecular formula is C11H20N4O. The molecule has 0 unspecified atom stereocenters. The smallest absolute Gasteiger partial charge is 0.140 e. The van der Waals surface area contributed by atoms with Crippen molar-refractivity contribution in [3.63, 3.8) is 0 Å².